The van der Waals surface area contributed by atoms with Crippen LogP contribution in [0.25, 0.3) is 0 Å². The lowest BCUT2D eigenvalue weighted by Gasteiger charge is -2.03. The van der Waals surface area contributed by atoms with Crippen LogP contribution >= 0.6 is 11.8 Å². The summed E-state index contributed by atoms with van der Waals surface area (Å²) in [5.74, 6) is 2.86. The van der Waals surface area contributed by atoms with E-state index in [1.807, 2.05) is 7.05 Å². The quantitative estimate of drug-likeness (QED) is 0.700. The van der Waals surface area contributed by atoms with Crippen LogP contribution in [0.15, 0.2) is 12.4 Å². The fourth-order valence-corrected chi connectivity index (χ4v) is 1.99. The van der Waals surface area contributed by atoms with Crippen LogP contribution in [0.5, 0.6) is 0 Å². The zero-order chi connectivity index (χ0) is 10.6. The van der Waals surface area contributed by atoms with Crippen LogP contribution in [-0.4, -0.2) is 26.8 Å². The van der Waals surface area contributed by atoms with Gasteiger partial charge in [0.05, 0.1) is 5.75 Å². The van der Waals surface area contributed by atoms with Gasteiger partial charge < -0.3 is 4.57 Å². The van der Waals surface area contributed by atoms with Crippen molar-refractivity contribution in [3.63, 3.8) is 0 Å². The molecule has 14 heavy (non-hydrogen) atoms. The molecule has 4 heteroatoms. The molecule has 0 aliphatic heterocycles. The number of hydrogen-bond acceptors (Lipinski definition) is 3. The van der Waals surface area contributed by atoms with Crippen molar-refractivity contribution in [1.82, 2.24) is 9.55 Å². The van der Waals surface area contributed by atoms with Gasteiger partial charge in [0, 0.05) is 19.4 Å². The highest BCUT2D eigenvalue weighted by molar-refractivity contribution is 7.99. The number of Topliss-reactive ketones (excluding diaryl/α,β-unsaturated/α-hetero) is 1. The minimum Gasteiger partial charge on any atom is -0.332 e. The standard InChI is InChI=1S/C10H16N2OS/c1-8(2)6-14-7-9(13)10-11-4-5-12(10)3/h4-5,8H,6-7H2,1-3H3. The number of carbonyl (C=O) groups excluding carboxylic acids is 1. The fraction of sp³-hybridized carbons (Fsp3) is 0.600. The lowest BCUT2D eigenvalue weighted by atomic mass is 10.3. The van der Waals surface area contributed by atoms with E-state index in [4.69, 9.17) is 0 Å². The molecular formula is C10H16N2OS. The summed E-state index contributed by atoms with van der Waals surface area (Å²) >= 11 is 1.67. The highest BCUT2D eigenvalue weighted by Gasteiger charge is 2.10. The molecule has 0 aliphatic carbocycles. The van der Waals surface area contributed by atoms with Gasteiger partial charge in [0.2, 0.25) is 5.78 Å². The number of imidazole rings is 1. The second-order valence-corrected chi connectivity index (χ2v) is 4.72. The molecule has 78 valence electrons. The number of rotatable bonds is 5. The van der Waals surface area contributed by atoms with Crippen LogP contribution in [0, 0.1) is 5.92 Å². The summed E-state index contributed by atoms with van der Waals surface area (Å²) in [7, 11) is 1.84. The Morgan fingerprint density at radius 2 is 2.36 bits per heavy atom. The van der Waals surface area contributed by atoms with Gasteiger partial charge in [-0.1, -0.05) is 13.8 Å². The topological polar surface area (TPSA) is 34.9 Å². The van der Waals surface area contributed by atoms with Crippen molar-refractivity contribution in [3.8, 4) is 0 Å². The van der Waals surface area contributed by atoms with Crippen LogP contribution in [0.2, 0.25) is 0 Å². The van der Waals surface area contributed by atoms with Crippen LogP contribution in [0.1, 0.15) is 24.5 Å². The van der Waals surface area contributed by atoms with Gasteiger partial charge in [-0.05, 0) is 11.7 Å². The maximum absolute atomic E-state index is 11.6. The van der Waals surface area contributed by atoms with Gasteiger partial charge in [-0.3, -0.25) is 4.79 Å². The predicted molar refractivity (Wildman–Crippen MR) is 59.7 cm³/mol. The smallest absolute Gasteiger partial charge is 0.208 e. The first-order valence-electron chi connectivity index (χ1n) is 4.69. The Balaban J connectivity index is 2.40. The molecule has 0 bridgehead atoms. The van der Waals surface area contributed by atoms with Gasteiger partial charge in [-0.15, -0.1) is 0 Å². The van der Waals surface area contributed by atoms with E-state index < -0.39 is 0 Å². The zero-order valence-electron chi connectivity index (χ0n) is 8.86. The highest BCUT2D eigenvalue weighted by atomic mass is 32.2. The van der Waals surface area contributed by atoms with Gasteiger partial charge in [0.25, 0.3) is 0 Å². The maximum atomic E-state index is 11.6. The van der Waals surface area contributed by atoms with Crippen molar-refractivity contribution < 1.29 is 4.79 Å². The molecule has 1 aromatic heterocycles. The Morgan fingerprint density at radius 3 is 2.86 bits per heavy atom. The summed E-state index contributed by atoms with van der Waals surface area (Å²) in [4.78, 5) is 15.6. The van der Waals surface area contributed by atoms with Gasteiger partial charge in [0.15, 0.2) is 5.82 Å². The molecule has 0 aromatic carbocycles. The first-order valence-corrected chi connectivity index (χ1v) is 5.85. The molecule has 0 aliphatic rings. The summed E-state index contributed by atoms with van der Waals surface area (Å²) in [6, 6.07) is 0. The molecule has 0 radical (unpaired) electrons. The maximum Gasteiger partial charge on any atom is 0.208 e. The molecule has 3 nitrogen and oxygen atoms in total. The lowest BCUT2D eigenvalue weighted by molar-refractivity contribution is 0.101. The zero-order valence-corrected chi connectivity index (χ0v) is 9.67. The normalized spacial score (nSPS) is 10.9. The molecule has 1 aromatic rings. The summed E-state index contributed by atoms with van der Waals surface area (Å²) in [5.41, 5.74) is 0. The molecule has 0 saturated carbocycles. The minimum absolute atomic E-state index is 0.114. The van der Waals surface area contributed by atoms with Crippen molar-refractivity contribution in [1.29, 1.82) is 0 Å². The molecule has 1 rings (SSSR count). The second kappa shape index (κ2) is 5.20. The second-order valence-electron chi connectivity index (χ2n) is 3.69. The van der Waals surface area contributed by atoms with E-state index in [-0.39, 0.29) is 5.78 Å². The van der Waals surface area contributed by atoms with Crippen molar-refractivity contribution in [2.24, 2.45) is 13.0 Å². The predicted octanol–water partition coefficient (Wildman–Crippen LogP) is 1.99. The molecule has 0 N–H and O–H groups in total. The van der Waals surface area contributed by atoms with Crippen molar-refractivity contribution in [3.05, 3.63) is 18.2 Å². The van der Waals surface area contributed by atoms with Gasteiger partial charge >= 0.3 is 0 Å². The number of hydrogen-bond donors (Lipinski definition) is 0. The number of nitrogens with zero attached hydrogens (tertiary/aromatic N) is 2. The van der Waals surface area contributed by atoms with Crippen molar-refractivity contribution >= 4 is 17.5 Å². The average Bonchev–Trinajstić information content (AvgIpc) is 2.50. The van der Waals surface area contributed by atoms with E-state index in [2.05, 4.69) is 18.8 Å². The third-order valence-electron chi connectivity index (χ3n) is 1.75. The molecule has 0 saturated heterocycles. The number of ketones is 1. The largest absolute Gasteiger partial charge is 0.332 e. The Labute approximate surface area is 88.9 Å². The summed E-state index contributed by atoms with van der Waals surface area (Å²) in [6.45, 7) is 4.30. The summed E-state index contributed by atoms with van der Waals surface area (Å²) in [6.07, 6.45) is 3.45. The van der Waals surface area contributed by atoms with Crippen molar-refractivity contribution in [2.75, 3.05) is 11.5 Å². The number of aryl methyl sites for hydroxylation is 1. The Hall–Kier alpha value is -0.770. The van der Waals surface area contributed by atoms with E-state index in [9.17, 15) is 4.79 Å². The molecule has 0 spiro atoms. The summed E-state index contributed by atoms with van der Waals surface area (Å²) in [5, 5.41) is 0. The molecule has 0 amide bonds. The Kier molecular flexibility index (Phi) is 4.20. The summed E-state index contributed by atoms with van der Waals surface area (Å²) < 4.78 is 1.76. The van der Waals surface area contributed by atoms with Gasteiger partial charge in [-0.25, -0.2) is 4.98 Å². The molecule has 1 heterocycles. The molecular weight excluding hydrogens is 196 g/mol. The average molecular weight is 212 g/mol. The van der Waals surface area contributed by atoms with E-state index >= 15 is 0 Å². The molecule has 0 unspecified atom stereocenters. The Bertz CT molecular complexity index is 307. The molecule has 0 fully saturated rings. The van der Waals surface area contributed by atoms with Crippen LogP contribution in [-0.2, 0) is 7.05 Å². The van der Waals surface area contributed by atoms with E-state index in [0.29, 0.717) is 17.5 Å². The Morgan fingerprint density at radius 1 is 1.64 bits per heavy atom. The SMILES string of the molecule is CC(C)CSCC(=O)c1nccn1C. The van der Waals surface area contributed by atoms with E-state index in [1.54, 1.807) is 28.7 Å². The van der Waals surface area contributed by atoms with Gasteiger partial charge in [-0.2, -0.15) is 11.8 Å². The first-order chi connectivity index (χ1) is 6.61. The minimum atomic E-state index is 0.114. The van der Waals surface area contributed by atoms with E-state index in [1.165, 1.54) is 0 Å². The first kappa shape index (κ1) is 11.3. The third-order valence-corrected chi connectivity index (χ3v) is 3.12. The number of thioether (sulfide) groups is 1. The number of carbonyl (C=O) groups is 1. The van der Waals surface area contributed by atoms with Gasteiger partial charge in [0.1, 0.15) is 0 Å². The third kappa shape index (κ3) is 3.18. The number of aromatic nitrogens is 2. The van der Waals surface area contributed by atoms with Crippen LogP contribution in [0.4, 0.5) is 0 Å². The lowest BCUT2D eigenvalue weighted by Crippen LogP contribution is -2.10. The van der Waals surface area contributed by atoms with Crippen LogP contribution < -0.4 is 0 Å². The van der Waals surface area contributed by atoms with Crippen molar-refractivity contribution in [2.45, 2.75) is 13.8 Å². The monoisotopic (exact) mass is 212 g/mol. The van der Waals surface area contributed by atoms with Crippen LogP contribution in [0.3, 0.4) is 0 Å². The van der Waals surface area contributed by atoms with E-state index in [0.717, 1.165) is 5.75 Å². The fourth-order valence-electron chi connectivity index (χ4n) is 1.09. The highest BCUT2D eigenvalue weighted by Crippen LogP contribution is 2.09. The molecule has 0 atom stereocenters.